The average molecular weight is 305 g/mol. The Hall–Kier alpha value is -1.58. The van der Waals surface area contributed by atoms with Crippen molar-refractivity contribution in [2.24, 2.45) is 5.73 Å². The van der Waals surface area contributed by atoms with Crippen molar-refractivity contribution in [2.75, 3.05) is 0 Å². The van der Waals surface area contributed by atoms with Gasteiger partial charge in [0.25, 0.3) is 0 Å². The van der Waals surface area contributed by atoms with Gasteiger partial charge in [-0.1, -0.05) is 31.5 Å². The Balaban J connectivity index is 2.35. The molecule has 0 aliphatic carbocycles. The maximum Gasteiger partial charge on any atom is 0.219 e. The molecule has 0 aliphatic heterocycles. The van der Waals surface area contributed by atoms with Crippen LogP contribution < -0.4 is 10.5 Å². The molecule has 0 saturated heterocycles. The zero-order valence-electron chi connectivity index (χ0n) is 12.9. The molecule has 0 spiro atoms. The van der Waals surface area contributed by atoms with Gasteiger partial charge in [0.05, 0.1) is 0 Å². The van der Waals surface area contributed by atoms with E-state index in [-0.39, 0.29) is 0 Å². The second kappa shape index (κ2) is 6.46. The molecule has 0 fully saturated rings. The fourth-order valence-electron chi connectivity index (χ4n) is 2.17. The van der Waals surface area contributed by atoms with E-state index < -0.39 is 0 Å². The lowest BCUT2D eigenvalue weighted by molar-refractivity contribution is 0.456. The molecular weight excluding hydrogens is 284 g/mol. The van der Waals surface area contributed by atoms with Crippen LogP contribution in [0.2, 0.25) is 5.02 Å². The molecule has 1 heterocycles. The summed E-state index contributed by atoms with van der Waals surface area (Å²) >= 11 is 6.28. The predicted octanol–water partition coefficient (Wildman–Crippen LogP) is 4.73. The normalized spacial score (nSPS) is 11.0. The summed E-state index contributed by atoms with van der Waals surface area (Å²) in [6.45, 7) is 8.61. The number of aromatic nitrogens is 1. The molecule has 2 rings (SSSR count). The summed E-state index contributed by atoms with van der Waals surface area (Å²) in [5.41, 5.74) is 9.64. The van der Waals surface area contributed by atoms with Crippen molar-refractivity contribution in [1.82, 2.24) is 4.98 Å². The number of pyridine rings is 1. The highest BCUT2D eigenvalue weighted by atomic mass is 35.5. The molecule has 3 nitrogen and oxygen atoms in total. The summed E-state index contributed by atoms with van der Waals surface area (Å²) in [5, 5.41) is 0.775. The van der Waals surface area contributed by atoms with E-state index in [0.717, 1.165) is 33.2 Å². The van der Waals surface area contributed by atoms with Crippen molar-refractivity contribution in [2.45, 2.75) is 40.2 Å². The fourth-order valence-corrected chi connectivity index (χ4v) is 2.61. The molecule has 0 amide bonds. The quantitative estimate of drug-likeness (QED) is 0.888. The highest BCUT2D eigenvalue weighted by molar-refractivity contribution is 6.31. The van der Waals surface area contributed by atoms with Crippen molar-refractivity contribution >= 4 is 11.6 Å². The predicted molar refractivity (Wildman–Crippen MR) is 87.2 cm³/mol. The van der Waals surface area contributed by atoms with E-state index >= 15 is 0 Å². The summed E-state index contributed by atoms with van der Waals surface area (Å²) in [6.07, 6.45) is 0. The zero-order valence-corrected chi connectivity index (χ0v) is 13.7. The Labute approximate surface area is 131 Å². The molecule has 0 unspecified atom stereocenters. The molecule has 112 valence electrons. The minimum absolute atomic E-state index is 0.342. The van der Waals surface area contributed by atoms with E-state index in [1.165, 1.54) is 0 Å². The van der Waals surface area contributed by atoms with E-state index in [4.69, 9.17) is 22.1 Å². The third-order valence-corrected chi connectivity index (χ3v) is 3.85. The number of hydrogen-bond acceptors (Lipinski definition) is 3. The lowest BCUT2D eigenvalue weighted by Gasteiger charge is -2.14. The third-order valence-electron chi connectivity index (χ3n) is 3.52. The van der Waals surface area contributed by atoms with Crippen LogP contribution in [0.25, 0.3) is 0 Å². The summed E-state index contributed by atoms with van der Waals surface area (Å²) < 4.78 is 5.92. The second-order valence-electron chi connectivity index (χ2n) is 5.49. The van der Waals surface area contributed by atoms with Crippen LogP contribution in [-0.2, 0) is 6.54 Å². The summed E-state index contributed by atoms with van der Waals surface area (Å²) in [7, 11) is 0. The van der Waals surface area contributed by atoms with Gasteiger partial charge in [-0.3, -0.25) is 0 Å². The number of hydrogen-bond donors (Lipinski definition) is 1. The van der Waals surface area contributed by atoms with Crippen LogP contribution in [0.3, 0.4) is 0 Å². The summed E-state index contributed by atoms with van der Waals surface area (Å²) in [4.78, 5) is 4.44. The van der Waals surface area contributed by atoms with Crippen LogP contribution in [0.4, 0.5) is 0 Å². The minimum atomic E-state index is 0.342. The Morgan fingerprint density at radius 3 is 2.52 bits per heavy atom. The third kappa shape index (κ3) is 3.55. The number of ether oxygens (including phenoxy) is 1. The maximum atomic E-state index is 6.28. The number of aryl methyl sites for hydroxylation is 2. The number of nitrogens with two attached hydrogens (primary N) is 1. The highest BCUT2D eigenvalue weighted by Gasteiger charge is 2.11. The first-order valence-electron chi connectivity index (χ1n) is 7.07. The van der Waals surface area contributed by atoms with E-state index in [2.05, 4.69) is 18.8 Å². The lowest BCUT2D eigenvalue weighted by atomic mass is 10.0. The van der Waals surface area contributed by atoms with Gasteiger partial charge in [0.1, 0.15) is 5.75 Å². The molecule has 0 aliphatic rings. The Morgan fingerprint density at radius 1 is 1.24 bits per heavy atom. The first-order chi connectivity index (χ1) is 9.92. The molecule has 1 aromatic heterocycles. The van der Waals surface area contributed by atoms with E-state index in [1.807, 2.05) is 38.1 Å². The van der Waals surface area contributed by atoms with Gasteiger partial charge in [-0.2, -0.15) is 0 Å². The second-order valence-corrected chi connectivity index (χ2v) is 5.90. The van der Waals surface area contributed by atoms with Crippen LogP contribution in [0.1, 0.15) is 42.1 Å². The van der Waals surface area contributed by atoms with Crippen LogP contribution >= 0.6 is 11.6 Å². The van der Waals surface area contributed by atoms with Crippen LogP contribution in [-0.4, -0.2) is 4.98 Å². The van der Waals surface area contributed by atoms with E-state index in [9.17, 15) is 0 Å². The maximum absolute atomic E-state index is 6.28. The standard InChI is InChI=1S/C17H21ClN2O/c1-10(2)14-8-16(11(3)7-15(14)18)21-17-6-5-13(9-19)12(4)20-17/h5-8,10H,9,19H2,1-4H3. The zero-order chi connectivity index (χ0) is 15.6. The van der Waals surface area contributed by atoms with Gasteiger partial charge in [0.15, 0.2) is 0 Å². The molecule has 4 heteroatoms. The van der Waals surface area contributed by atoms with Crippen LogP contribution in [0, 0.1) is 13.8 Å². The molecule has 2 N–H and O–H groups in total. The molecule has 21 heavy (non-hydrogen) atoms. The van der Waals surface area contributed by atoms with Gasteiger partial charge in [0, 0.05) is 23.3 Å². The van der Waals surface area contributed by atoms with Gasteiger partial charge >= 0.3 is 0 Å². The number of nitrogens with zero attached hydrogens (tertiary/aromatic N) is 1. The minimum Gasteiger partial charge on any atom is -0.439 e. The summed E-state index contributed by atoms with van der Waals surface area (Å²) in [6, 6.07) is 7.73. The van der Waals surface area contributed by atoms with Crippen molar-refractivity contribution in [1.29, 1.82) is 0 Å². The molecule has 0 radical (unpaired) electrons. The van der Waals surface area contributed by atoms with Crippen molar-refractivity contribution in [3.8, 4) is 11.6 Å². The van der Waals surface area contributed by atoms with Gasteiger partial charge < -0.3 is 10.5 Å². The molecule has 2 aromatic rings. The fraction of sp³-hybridized carbons (Fsp3) is 0.353. The lowest BCUT2D eigenvalue weighted by Crippen LogP contribution is -2.02. The monoisotopic (exact) mass is 304 g/mol. The van der Waals surface area contributed by atoms with Crippen LogP contribution in [0.5, 0.6) is 11.6 Å². The van der Waals surface area contributed by atoms with Crippen molar-refractivity contribution in [3.63, 3.8) is 0 Å². The Morgan fingerprint density at radius 2 is 1.95 bits per heavy atom. The summed E-state index contributed by atoms with van der Waals surface area (Å²) in [5.74, 6) is 1.70. The van der Waals surface area contributed by atoms with Gasteiger partial charge in [0.2, 0.25) is 5.88 Å². The molecule has 0 bridgehead atoms. The first kappa shape index (κ1) is 15.8. The van der Waals surface area contributed by atoms with Gasteiger partial charge in [-0.25, -0.2) is 4.98 Å². The van der Waals surface area contributed by atoms with Crippen molar-refractivity contribution in [3.05, 3.63) is 51.7 Å². The molecule has 0 atom stereocenters. The Bertz CT molecular complexity index is 653. The van der Waals surface area contributed by atoms with Crippen LogP contribution in [0.15, 0.2) is 24.3 Å². The van der Waals surface area contributed by atoms with E-state index in [1.54, 1.807) is 0 Å². The topological polar surface area (TPSA) is 48.1 Å². The molecule has 0 saturated carbocycles. The number of rotatable bonds is 4. The molecule has 1 aromatic carbocycles. The number of halogens is 1. The first-order valence-corrected chi connectivity index (χ1v) is 7.44. The number of benzene rings is 1. The average Bonchev–Trinajstić information content (AvgIpc) is 2.41. The molecular formula is C17H21ClN2O. The van der Waals surface area contributed by atoms with Crippen molar-refractivity contribution < 1.29 is 4.74 Å². The Kier molecular flexibility index (Phi) is 4.86. The smallest absolute Gasteiger partial charge is 0.219 e. The highest BCUT2D eigenvalue weighted by Crippen LogP contribution is 2.33. The SMILES string of the molecule is Cc1cc(Cl)c(C(C)C)cc1Oc1ccc(CN)c(C)n1. The van der Waals surface area contributed by atoms with Gasteiger partial charge in [-0.05, 0) is 48.6 Å². The van der Waals surface area contributed by atoms with Gasteiger partial charge in [-0.15, -0.1) is 0 Å². The van der Waals surface area contributed by atoms with E-state index in [0.29, 0.717) is 18.3 Å². The largest absolute Gasteiger partial charge is 0.439 e.